The molecular formula is C21H25N5O6. The maximum absolute atomic E-state index is 13.3. The fraction of sp³-hybridized carbons (Fsp3) is 0.381. The van der Waals surface area contributed by atoms with Crippen LogP contribution in [-0.2, 0) is 0 Å². The monoisotopic (exact) mass is 443 g/mol. The van der Waals surface area contributed by atoms with Gasteiger partial charge in [0.25, 0.3) is 17.3 Å². The molecule has 11 nitrogen and oxygen atoms in total. The van der Waals surface area contributed by atoms with Crippen molar-refractivity contribution in [3.05, 3.63) is 62.2 Å². The highest BCUT2D eigenvalue weighted by Gasteiger charge is 2.31. The van der Waals surface area contributed by atoms with Gasteiger partial charge < -0.3 is 19.4 Å². The first-order valence-electron chi connectivity index (χ1n) is 9.98. The quantitative estimate of drug-likeness (QED) is 0.493. The summed E-state index contributed by atoms with van der Waals surface area (Å²) in [4.78, 5) is 40.0. The zero-order chi connectivity index (χ0) is 23.6. The Bertz CT molecular complexity index is 1040. The minimum atomic E-state index is -0.513. The lowest BCUT2D eigenvalue weighted by atomic mass is 10.1. The van der Waals surface area contributed by atoms with Crippen LogP contribution in [0.1, 0.15) is 17.3 Å². The number of hydrogen-bond donors (Lipinski definition) is 0. The minimum Gasteiger partial charge on any atom is -0.496 e. The van der Waals surface area contributed by atoms with Crippen molar-refractivity contribution in [2.75, 3.05) is 50.6 Å². The molecule has 1 aliphatic rings. The number of nitrogens with zero attached hydrogens (tertiary/aromatic N) is 5. The summed E-state index contributed by atoms with van der Waals surface area (Å²) >= 11 is 0. The first-order valence-corrected chi connectivity index (χ1v) is 9.98. The Morgan fingerprint density at radius 2 is 1.75 bits per heavy atom. The van der Waals surface area contributed by atoms with Gasteiger partial charge in [0.2, 0.25) is 0 Å². The Kier molecular flexibility index (Phi) is 6.47. The topological polar surface area (TPSA) is 122 Å². The summed E-state index contributed by atoms with van der Waals surface area (Å²) in [5.74, 6) is -0.0693. The van der Waals surface area contributed by atoms with Crippen LogP contribution in [0.3, 0.4) is 0 Å². The maximum Gasteiger partial charge on any atom is 0.293 e. The molecule has 1 amide bonds. The fourth-order valence-corrected chi connectivity index (χ4v) is 3.86. The number of carbonyl (C=O) groups is 1. The van der Waals surface area contributed by atoms with E-state index in [1.165, 1.54) is 31.4 Å². The van der Waals surface area contributed by atoms with E-state index in [2.05, 4.69) is 4.90 Å². The van der Waals surface area contributed by atoms with Crippen molar-refractivity contribution in [2.45, 2.75) is 13.0 Å². The molecule has 0 unspecified atom stereocenters. The summed E-state index contributed by atoms with van der Waals surface area (Å²) < 4.78 is 5.37. The summed E-state index contributed by atoms with van der Waals surface area (Å²) in [6, 6.07) is 9.00. The Balaban J connectivity index is 1.83. The van der Waals surface area contributed by atoms with Crippen molar-refractivity contribution in [2.24, 2.45) is 0 Å². The molecule has 32 heavy (non-hydrogen) atoms. The SMILES string of the molecule is COc1cc(N(C)C)c([N+](=O)[O-])cc1C(=O)N1CCN(c2ccc([N+](=O)[O-])cc2)[C@@H](C)C1. The molecule has 1 atom stereocenters. The highest BCUT2D eigenvalue weighted by molar-refractivity contribution is 5.99. The highest BCUT2D eigenvalue weighted by atomic mass is 16.6. The predicted octanol–water partition coefficient (Wildman–Crippen LogP) is 2.93. The van der Waals surface area contributed by atoms with Crippen LogP contribution in [0.4, 0.5) is 22.7 Å². The average Bonchev–Trinajstić information content (AvgIpc) is 2.77. The summed E-state index contributed by atoms with van der Waals surface area (Å²) in [5, 5.41) is 22.4. The number of benzene rings is 2. The lowest BCUT2D eigenvalue weighted by Crippen LogP contribution is -2.53. The molecule has 1 saturated heterocycles. The molecule has 3 rings (SSSR count). The van der Waals surface area contributed by atoms with Crippen LogP contribution in [0, 0.1) is 20.2 Å². The number of carbonyl (C=O) groups excluding carboxylic acids is 1. The van der Waals surface area contributed by atoms with Crippen molar-refractivity contribution in [3.8, 4) is 5.75 Å². The van der Waals surface area contributed by atoms with Gasteiger partial charge in [0.05, 0.1) is 22.5 Å². The van der Waals surface area contributed by atoms with Gasteiger partial charge >= 0.3 is 0 Å². The standard InChI is InChI=1S/C21H25N5O6/c1-14-13-23(9-10-24(14)15-5-7-16(8-6-15)25(28)29)21(27)17-11-19(26(30)31)18(22(2)3)12-20(17)32-4/h5-8,11-12,14H,9-10,13H2,1-4H3/t14-/m0/s1. The lowest BCUT2D eigenvalue weighted by molar-refractivity contribution is -0.384. The number of rotatable bonds is 6. The van der Waals surface area contributed by atoms with Gasteiger partial charge in [0, 0.05) is 69.7 Å². The Morgan fingerprint density at radius 1 is 1.09 bits per heavy atom. The maximum atomic E-state index is 13.3. The molecule has 0 aliphatic carbocycles. The predicted molar refractivity (Wildman–Crippen MR) is 120 cm³/mol. The van der Waals surface area contributed by atoms with Gasteiger partial charge in [0.15, 0.2) is 0 Å². The average molecular weight is 443 g/mol. The molecule has 0 saturated carbocycles. The number of nitro benzene ring substituents is 2. The second-order valence-corrected chi connectivity index (χ2v) is 7.76. The minimum absolute atomic E-state index is 0.0186. The normalized spacial score (nSPS) is 15.9. The third kappa shape index (κ3) is 4.41. The van der Waals surface area contributed by atoms with E-state index < -0.39 is 9.85 Å². The molecule has 1 heterocycles. The van der Waals surface area contributed by atoms with Crippen LogP contribution in [0.25, 0.3) is 0 Å². The fourth-order valence-electron chi connectivity index (χ4n) is 3.86. The number of methoxy groups -OCH3 is 1. The molecule has 2 aromatic rings. The van der Waals surface area contributed by atoms with Crippen LogP contribution in [0.5, 0.6) is 5.75 Å². The molecule has 0 bridgehead atoms. The first-order chi connectivity index (χ1) is 15.1. The van der Waals surface area contributed by atoms with E-state index in [0.29, 0.717) is 25.3 Å². The molecule has 0 radical (unpaired) electrons. The number of non-ortho nitro benzene ring substituents is 1. The van der Waals surface area contributed by atoms with Crippen molar-refractivity contribution >= 4 is 28.7 Å². The molecule has 11 heteroatoms. The van der Waals surface area contributed by atoms with Crippen LogP contribution in [0.15, 0.2) is 36.4 Å². The van der Waals surface area contributed by atoms with Crippen LogP contribution in [0.2, 0.25) is 0 Å². The van der Waals surface area contributed by atoms with E-state index in [9.17, 15) is 25.0 Å². The van der Waals surface area contributed by atoms with Gasteiger partial charge in [-0.15, -0.1) is 0 Å². The lowest BCUT2D eigenvalue weighted by Gasteiger charge is -2.41. The number of ether oxygens (including phenoxy) is 1. The van der Waals surface area contributed by atoms with Gasteiger partial charge in [-0.3, -0.25) is 25.0 Å². The Morgan fingerprint density at radius 3 is 2.25 bits per heavy atom. The second-order valence-electron chi connectivity index (χ2n) is 7.76. The molecule has 1 fully saturated rings. The summed E-state index contributed by atoms with van der Waals surface area (Å²) in [6.07, 6.45) is 0. The van der Waals surface area contributed by atoms with E-state index in [4.69, 9.17) is 4.74 Å². The van der Waals surface area contributed by atoms with Gasteiger partial charge in [-0.1, -0.05) is 0 Å². The zero-order valence-corrected chi connectivity index (χ0v) is 18.3. The third-order valence-corrected chi connectivity index (χ3v) is 5.51. The summed E-state index contributed by atoms with van der Waals surface area (Å²) in [7, 11) is 4.79. The molecule has 0 N–H and O–H groups in total. The van der Waals surface area contributed by atoms with Gasteiger partial charge in [-0.05, 0) is 19.1 Å². The summed E-state index contributed by atoms with van der Waals surface area (Å²) in [5.41, 5.74) is 1.17. The van der Waals surface area contributed by atoms with E-state index in [1.54, 1.807) is 36.0 Å². The second kappa shape index (κ2) is 9.08. The molecule has 0 aromatic heterocycles. The largest absolute Gasteiger partial charge is 0.496 e. The number of piperazine rings is 1. The molecule has 1 aliphatic heterocycles. The van der Waals surface area contributed by atoms with Crippen molar-refractivity contribution in [1.82, 2.24) is 4.90 Å². The van der Waals surface area contributed by atoms with Gasteiger partial charge in [-0.2, -0.15) is 0 Å². The zero-order valence-electron chi connectivity index (χ0n) is 18.3. The van der Waals surface area contributed by atoms with E-state index in [1.807, 2.05) is 6.92 Å². The van der Waals surface area contributed by atoms with Crippen molar-refractivity contribution in [1.29, 1.82) is 0 Å². The highest BCUT2D eigenvalue weighted by Crippen LogP contribution is 2.35. The molecule has 170 valence electrons. The molecule has 0 spiro atoms. The number of anilines is 2. The van der Waals surface area contributed by atoms with Crippen molar-refractivity contribution in [3.63, 3.8) is 0 Å². The van der Waals surface area contributed by atoms with Gasteiger partial charge in [0.1, 0.15) is 11.4 Å². The summed E-state index contributed by atoms with van der Waals surface area (Å²) in [6.45, 7) is 3.26. The number of hydrogen-bond acceptors (Lipinski definition) is 8. The van der Waals surface area contributed by atoms with E-state index in [0.717, 1.165) is 5.69 Å². The number of nitro groups is 2. The third-order valence-electron chi connectivity index (χ3n) is 5.51. The smallest absolute Gasteiger partial charge is 0.293 e. The van der Waals surface area contributed by atoms with E-state index >= 15 is 0 Å². The Hall–Kier alpha value is -3.89. The van der Waals surface area contributed by atoms with Crippen LogP contribution < -0.4 is 14.5 Å². The first kappa shape index (κ1) is 22.8. The number of amides is 1. The Labute approximate surface area is 185 Å². The van der Waals surface area contributed by atoms with Crippen LogP contribution >= 0.6 is 0 Å². The van der Waals surface area contributed by atoms with Crippen LogP contribution in [-0.4, -0.2) is 67.5 Å². The van der Waals surface area contributed by atoms with E-state index in [-0.39, 0.29) is 34.6 Å². The molecule has 2 aromatic carbocycles. The van der Waals surface area contributed by atoms with Crippen molar-refractivity contribution < 1.29 is 19.4 Å². The molecular weight excluding hydrogens is 418 g/mol. The van der Waals surface area contributed by atoms with Gasteiger partial charge in [-0.25, -0.2) is 0 Å².